The van der Waals surface area contributed by atoms with Crippen molar-refractivity contribution in [1.82, 2.24) is 0 Å². The van der Waals surface area contributed by atoms with Gasteiger partial charge in [-0.05, 0) is 44.3 Å². The smallest absolute Gasteiger partial charge is 0.0335 e. The van der Waals surface area contributed by atoms with Crippen molar-refractivity contribution in [3.63, 3.8) is 0 Å². The molecule has 0 heterocycles. The topological polar surface area (TPSA) is 26.0 Å². The van der Waals surface area contributed by atoms with Gasteiger partial charge >= 0.3 is 0 Å². The molecule has 0 bridgehead atoms. The Morgan fingerprint density at radius 1 is 0.857 bits per heavy atom. The van der Waals surface area contributed by atoms with E-state index >= 15 is 0 Å². The summed E-state index contributed by atoms with van der Waals surface area (Å²) in [6, 6.07) is 19.6. The van der Waals surface area contributed by atoms with Crippen LogP contribution < -0.4 is 5.73 Å². The maximum atomic E-state index is 6.33. The predicted molar refractivity (Wildman–Crippen MR) is 91.9 cm³/mol. The zero-order chi connectivity index (χ0) is 14.4. The molecule has 102 valence electrons. The van der Waals surface area contributed by atoms with Gasteiger partial charge in [-0.25, -0.2) is 0 Å². The van der Waals surface area contributed by atoms with Gasteiger partial charge in [0.25, 0.3) is 0 Å². The minimum atomic E-state index is 0.00654. The molecule has 1 heteroatoms. The van der Waals surface area contributed by atoms with Crippen molar-refractivity contribution in [3.8, 4) is 0 Å². The van der Waals surface area contributed by atoms with Crippen LogP contribution in [0.1, 0.15) is 18.0 Å². The third kappa shape index (κ3) is 1.75. The minimum absolute atomic E-state index is 0.00654. The molecular weight excluding hydrogens is 254 g/mol. The highest BCUT2D eigenvalue weighted by molar-refractivity contribution is 6.23. The fourth-order valence-electron chi connectivity index (χ4n) is 3.39. The Kier molecular flexibility index (Phi) is 2.69. The zero-order valence-electron chi connectivity index (χ0n) is 11.8. The summed E-state index contributed by atoms with van der Waals surface area (Å²) in [5.41, 5.74) is 7.54. The lowest BCUT2D eigenvalue weighted by atomic mass is 9.89. The molecule has 4 aromatic rings. The second kappa shape index (κ2) is 4.57. The molecule has 0 aliphatic rings. The summed E-state index contributed by atoms with van der Waals surface area (Å²) in [5, 5.41) is 7.82. The van der Waals surface area contributed by atoms with Gasteiger partial charge in [-0.2, -0.15) is 0 Å². The first kappa shape index (κ1) is 12.4. The molecule has 1 nitrogen and oxygen atoms in total. The number of nitrogens with two attached hydrogens (primary N) is 1. The number of benzene rings is 4. The van der Waals surface area contributed by atoms with Crippen molar-refractivity contribution in [2.75, 3.05) is 0 Å². The summed E-state index contributed by atoms with van der Waals surface area (Å²) in [7, 11) is 0. The summed E-state index contributed by atoms with van der Waals surface area (Å²) < 4.78 is 0. The van der Waals surface area contributed by atoms with Crippen LogP contribution in [-0.2, 0) is 0 Å². The van der Waals surface area contributed by atoms with Gasteiger partial charge in [0.1, 0.15) is 0 Å². The van der Waals surface area contributed by atoms with E-state index in [1.165, 1.54) is 37.9 Å². The lowest BCUT2D eigenvalue weighted by molar-refractivity contribution is 0.749. The van der Waals surface area contributed by atoms with E-state index < -0.39 is 0 Å². The molecule has 0 saturated carbocycles. The molecule has 0 fully saturated rings. The van der Waals surface area contributed by atoms with Crippen LogP contribution in [0, 0.1) is 0 Å². The normalized spacial score (nSPS) is 13.2. The van der Waals surface area contributed by atoms with E-state index in [4.69, 9.17) is 5.73 Å². The molecule has 0 aromatic heterocycles. The number of rotatable bonds is 3. The molecule has 0 aliphatic heterocycles. The van der Waals surface area contributed by atoms with Crippen molar-refractivity contribution < 1.29 is 0 Å². The summed E-state index contributed by atoms with van der Waals surface area (Å²) in [6.45, 7) is 3.81. The van der Waals surface area contributed by atoms with E-state index in [0.29, 0.717) is 0 Å². The average molecular weight is 271 g/mol. The maximum Gasteiger partial charge on any atom is 0.0335 e. The van der Waals surface area contributed by atoms with Gasteiger partial charge in [0.2, 0.25) is 0 Å². The lowest BCUT2D eigenvalue weighted by Gasteiger charge is -2.17. The highest BCUT2D eigenvalue weighted by Crippen LogP contribution is 2.37. The molecule has 0 spiro atoms. The Labute approximate surface area is 124 Å². The highest BCUT2D eigenvalue weighted by atomic mass is 14.6. The van der Waals surface area contributed by atoms with Crippen LogP contribution in [0.25, 0.3) is 32.3 Å². The molecule has 0 unspecified atom stereocenters. The molecule has 2 N–H and O–H groups in total. The fourth-order valence-corrected chi connectivity index (χ4v) is 3.39. The van der Waals surface area contributed by atoms with Gasteiger partial charge in [-0.3, -0.25) is 0 Å². The van der Waals surface area contributed by atoms with Gasteiger partial charge < -0.3 is 5.73 Å². The maximum absolute atomic E-state index is 6.33. The third-order valence-corrected chi connectivity index (χ3v) is 4.38. The van der Waals surface area contributed by atoms with E-state index in [1.54, 1.807) is 0 Å². The first-order valence-electron chi connectivity index (χ1n) is 7.32. The van der Waals surface area contributed by atoms with Crippen molar-refractivity contribution in [2.45, 2.75) is 12.5 Å². The molecule has 0 aliphatic carbocycles. The Morgan fingerprint density at radius 2 is 1.48 bits per heavy atom. The van der Waals surface area contributed by atoms with Crippen molar-refractivity contribution in [1.29, 1.82) is 0 Å². The van der Waals surface area contributed by atoms with Gasteiger partial charge in [0, 0.05) is 6.04 Å². The molecular formula is C20H17N. The summed E-state index contributed by atoms with van der Waals surface area (Å²) in [6.07, 6.45) is 2.69. The zero-order valence-corrected chi connectivity index (χ0v) is 11.8. The van der Waals surface area contributed by atoms with Crippen LogP contribution in [0.15, 0.2) is 67.3 Å². The van der Waals surface area contributed by atoms with Crippen LogP contribution in [0.4, 0.5) is 0 Å². The summed E-state index contributed by atoms with van der Waals surface area (Å²) >= 11 is 0. The molecule has 4 aromatic carbocycles. The van der Waals surface area contributed by atoms with Crippen molar-refractivity contribution in [2.24, 2.45) is 5.73 Å². The molecule has 21 heavy (non-hydrogen) atoms. The highest BCUT2D eigenvalue weighted by Gasteiger charge is 2.13. The van der Waals surface area contributed by atoms with E-state index in [0.717, 1.165) is 6.42 Å². The van der Waals surface area contributed by atoms with Gasteiger partial charge in [0.05, 0.1) is 0 Å². The molecule has 0 saturated heterocycles. The molecule has 4 rings (SSSR count). The third-order valence-electron chi connectivity index (χ3n) is 4.38. The monoisotopic (exact) mass is 271 g/mol. The van der Waals surface area contributed by atoms with Crippen molar-refractivity contribution >= 4 is 32.3 Å². The standard InChI is InChI=1S/C20H17N/c1-2-4-18(21)16-11-9-15-8-7-13-5-3-6-14-10-12-17(16)20(15)19(13)14/h2-3,5-12,18H,1,4,21H2/t18-/m1/s1. The first-order chi connectivity index (χ1) is 10.3. The second-order valence-electron chi connectivity index (χ2n) is 5.64. The Hall–Kier alpha value is -2.38. The van der Waals surface area contributed by atoms with E-state index in [2.05, 4.69) is 61.2 Å². The van der Waals surface area contributed by atoms with Crippen LogP contribution >= 0.6 is 0 Å². The summed E-state index contributed by atoms with van der Waals surface area (Å²) in [4.78, 5) is 0. The van der Waals surface area contributed by atoms with Gasteiger partial charge in [-0.15, -0.1) is 6.58 Å². The van der Waals surface area contributed by atoms with E-state index in [-0.39, 0.29) is 6.04 Å². The SMILES string of the molecule is C=CC[C@@H](N)c1ccc2ccc3cccc4ccc1c2c34. The Balaban J connectivity index is 2.17. The Morgan fingerprint density at radius 3 is 2.19 bits per heavy atom. The van der Waals surface area contributed by atoms with Crippen LogP contribution in [0.5, 0.6) is 0 Å². The summed E-state index contributed by atoms with van der Waals surface area (Å²) in [5.74, 6) is 0. The fraction of sp³-hybridized carbons (Fsp3) is 0.100. The van der Waals surface area contributed by atoms with Crippen LogP contribution in [0.2, 0.25) is 0 Å². The van der Waals surface area contributed by atoms with Gasteiger partial charge in [-0.1, -0.05) is 60.7 Å². The largest absolute Gasteiger partial charge is 0.324 e. The average Bonchev–Trinajstić information content (AvgIpc) is 2.52. The second-order valence-corrected chi connectivity index (χ2v) is 5.64. The van der Waals surface area contributed by atoms with E-state index in [9.17, 15) is 0 Å². The van der Waals surface area contributed by atoms with E-state index in [1.807, 2.05) is 6.08 Å². The quantitative estimate of drug-likeness (QED) is 0.404. The molecule has 0 radical (unpaired) electrons. The van der Waals surface area contributed by atoms with Crippen LogP contribution in [-0.4, -0.2) is 0 Å². The van der Waals surface area contributed by atoms with Gasteiger partial charge in [0.15, 0.2) is 0 Å². The predicted octanol–water partition coefficient (Wildman–Crippen LogP) is 5.16. The Bertz CT molecular complexity index is 936. The molecule has 0 amide bonds. The lowest BCUT2D eigenvalue weighted by Crippen LogP contribution is -2.09. The number of hydrogen-bond acceptors (Lipinski definition) is 1. The minimum Gasteiger partial charge on any atom is -0.324 e. The van der Waals surface area contributed by atoms with Crippen molar-refractivity contribution in [3.05, 3.63) is 72.8 Å². The molecule has 1 atom stereocenters. The van der Waals surface area contributed by atoms with Crippen LogP contribution in [0.3, 0.4) is 0 Å². The number of hydrogen-bond donors (Lipinski definition) is 1. The first-order valence-corrected chi connectivity index (χ1v) is 7.32.